The molecule has 2 aromatic carbocycles. The molecule has 0 spiro atoms. The second-order valence-electron chi connectivity index (χ2n) is 4.41. The zero-order valence-corrected chi connectivity index (χ0v) is 11.5. The van der Waals surface area contributed by atoms with Crippen molar-refractivity contribution in [2.24, 2.45) is 0 Å². The third kappa shape index (κ3) is 4.27. The van der Waals surface area contributed by atoms with E-state index in [0.717, 1.165) is 0 Å². The standard InChI is InChI=1S/C15H13FN2O4/c16-14-7-2-1-4-11(14)9-17-15(19)10-22-13-6-3-5-12(8-13)18(20)21/h1-8H,9-10H2,(H,17,19). The minimum absolute atomic E-state index is 0.0454. The molecule has 22 heavy (non-hydrogen) atoms. The number of rotatable bonds is 6. The zero-order valence-electron chi connectivity index (χ0n) is 11.5. The van der Waals surface area contributed by atoms with Gasteiger partial charge in [-0.1, -0.05) is 24.3 Å². The second-order valence-corrected chi connectivity index (χ2v) is 4.41. The van der Waals surface area contributed by atoms with Gasteiger partial charge in [0.1, 0.15) is 11.6 Å². The van der Waals surface area contributed by atoms with E-state index in [-0.39, 0.29) is 24.6 Å². The van der Waals surface area contributed by atoms with Gasteiger partial charge in [0.15, 0.2) is 6.61 Å². The van der Waals surface area contributed by atoms with Gasteiger partial charge in [-0.3, -0.25) is 14.9 Å². The molecule has 6 nitrogen and oxygen atoms in total. The van der Waals surface area contributed by atoms with Crippen LogP contribution in [-0.4, -0.2) is 17.4 Å². The first-order valence-electron chi connectivity index (χ1n) is 6.43. The van der Waals surface area contributed by atoms with Gasteiger partial charge in [0, 0.05) is 18.2 Å². The van der Waals surface area contributed by atoms with Crippen LogP contribution in [0.2, 0.25) is 0 Å². The summed E-state index contributed by atoms with van der Waals surface area (Å²) in [5.41, 5.74) is 0.246. The van der Waals surface area contributed by atoms with Crippen LogP contribution >= 0.6 is 0 Å². The molecule has 0 atom stereocenters. The SMILES string of the molecule is O=C(COc1cccc([N+](=O)[O-])c1)NCc1ccccc1F. The number of nitrogens with one attached hydrogen (secondary N) is 1. The molecule has 0 fully saturated rings. The van der Waals surface area contributed by atoms with Gasteiger partial charge >= 0.3 is 0 Å². The van der Waals surface area contributed by atoms with Crippen molar-refractivity contribution in [1.29, 1.82) is 0 Å². The van der Waals surface area contributed by atoms with Crippen LogP contribution in [0.1, 0.15) is 5.56 Å². The molecule has 0 saturated heterocycles. The van der Waals surface area contributed by atoms with Crippen molar-refractivity contribution in [2.75, 3.05) is 6.61 Å². The Balaban J connectivity index is 1.84. The Kier molecular flexibility index (Phi) is 5.02. The van der Waals surface area contributed by atoms with Crippen molar-refractivity contribution >= 4 is 11.6 Å². The molecule has 1 N–H and O–H groups in total. The number of halogens is 1. The van der Waals surface area contributed by atoms with Crippen LogP contribution < -0.4 is 10.1 Å². The maximum absolute atomic E-state index is 13.4. The molecule has 0 aliphatic rings. The van der Waals surface area contributed by atoms with Crippen LogP contribution in [0, 0.1) is 15.9 Å². The molecule has 7 heteroatoms. The van der Waals surface area contributed by atoms with E-state index < -0.39 is 16.6 Å². The van der Waals surface area contributed by atoms with E-state index >= 15 is 0 Å². The van der Waals surface area contributed by atoms with Crippen molar-refractivity contribution in [2.45, 2.75) is 6.54 Å². The molecular weight excluding hydrogens is 291 g/mol. The predicted molar refractivity (Wildman–Crippen MR) is 76.8 cm³/mol. The highest BCUT2D eigenvalue weighted by molar-refractivity contribution is 5.77. The van der Waals surface area contributed by atoms with E-state index in [0.29, 0.717) is 5.56 Å². The second kappa shape index (κ2) is 7.16. The van der Waals surface area contributed by atoms with Crippen molar-refractivity contribution in [3.8, 4) is 5.75 Å². The number of ether oxygens (including phenoxy) is 1. The topological polar surface area (TPSA) is 81.5 Å². The first-order valence-corrected chi connectivity index (χ1v) is 6.43. The Morgan fingerprint density at radius 2 is 2.00 bits per heavy atom. The molecular formula is C15H13FN2O4. The smallest absolute Gasteiger partial charge is 0.273 e. The average Bonchev–Trinajstić information content (AvgIpc) is 2.52. The van der Waals surface area contributed by atoms with Crippen LogP contribution in [0.25, 0.3) is 0 Å². The van der Waals surface area contributed by atoms with E-state index in [2.05, 4.69) is 5.32 Å². The van der Waals surface area contributed by atoms with E-state index in [9.17, 15) is 19.3 Å². The number of nitro benzene ring substituents is 1. The highest BCUT2D eigenvalue weighted by Crippen LogP contribution is 2.18. The summed E-state index contributed by atoms with van der Waals surface area (Å²) in [5.74, 6) is -0.632. The van der Waals surface area contributed by atoms with E-state index in [1.54, 1.807) is 18.2 Å². The Morgan fingerprint density at radius 3 is 2.73 bits per heavy atom. The van der Waals surface area contributed by atoms with Gasteiger partial charge in [0.05, 0.1) is 11.0 Å². The molecule has 2 aromatic rings. The Morgan fingerprint density at radius 1 is 1.23 bits per heavy atom. The van der Waals surface area contributed by atoms with Crippen molar-refractivity contribution in [1.82, 2.24) is 5.32 Å². The number of hydrogen-bond donors (Lipinski definition) is 1. The third-order valence-corrected chi connectivity index (χ3v) is 2.83. The largest absolute Gasteiger partial charge is 0.484 e. The number of hydrogen-bond acceptors (Lipinski definition) is 4. The average molecular weight is 304 g/mol. The number of nitro groups is 1. The van der Waals surface area contributed by atoms with Gasteiger partial charge in [-0.05, 0) is 12.1 Å². The molecule has 2 rings (SSSR count). The Hall–Kier alpha value is -2.96. The monoisotopic (exact) mass is 304 g/mol. The summed E-state index contributed by atoms with van der Waals surface area (Å²) in [6.07, 6.45) is 0. The van der Waals surface area contributed by atoms with Crippen LogP contribution in [0.5, 0.6) is 5.75 Å². The molecule has 0 heterocycles. The number of benzene rings is 2. The summed E-state index contributed by atoms with van der Waals surface area (Å²) in [5, 5.41) is 13.1. The summed E-state index contributed by atoms with van der Waals surface area (Å²) in [7, 11) is 0. The van der Waals surface area contributed by atoms with Gasteiger partial charge in [-0.15, -0.1) is 0 Å². The molecule has 0 radical (unpaired) electrons. The lowest BCUT2D eigenvalue weighted by Crippen LogP contribution is -2.28. The van der Waals surface area contributed by atoms with Crippen molar-refractivity contribution in [3.63, 3.8) is 0 Å². The molecule has 0 aromatic heterocycles. The van der Waals surface area contributed by atoms with E-state index in [4.69, 9.17) is 4.74 Å². The minimum Gasteiger partial charge on any atom is -0.484 e. The lowest BCUT2D eigenvalue weighted by molar-refractivity contribution is -0.384. The number of amides is 1. The highest BCUT2D eigenvalue weighted by atomic mass is 19.1. The molecule has 0 aliphatic heterocycles. The van der Waals surface area contributed by atoms with Gasteiger partial charge < -0.3 is 10.1 Å². The van der Waals surface area contributed by atoms with E-state index in [1.165, 1.54) is 30.3 Å². The van der Waals surface area contributed by atoms with Gasteiger partial charge in [0.25, 0.3) is 11.6 Å². The number of carbonyl (C=O) groups is 1. The Labute approximate surface area is 125 Å². The number of nitrogens with zero attached hydrogens (tertiary/aromatic N) is 1. The first kappa shape index (κ1) is 15.4. The third-order valence-electron chi connectivity index (χ3n) is 2.83. The quantitative estimate of drug-likeness (QED) is 0.656. The Bertz CT molecular complexity index is 691. The summed E-state index contributed by atoms with van der Waals surface area (Å²) < 4.78 is 18.5. The molecule has 114 valence electrons. The van der Waals surface area contributed by atoms with Crippen LogP contribution in [-0.2, 0) is 11.3 Å². The fourth-order valence-electron chi connectivity index (χ4n) is 1.72. The maximum Gasteiger partial charge on any atom is 0.273 e. The summed E-state index contributed by atoms with van der Waals surface area (Å²) in [6, 6.07) is 11.6. The fraction of sp³-hybridized carbons (Fsp3) is 0.133. The number of non-ortho nitro benzene ring substituents is 1. The normalized spacial score (nSPS) is 10.0. The molecule has 0 aliphatic carbocycles. The lowest BCUT2D eigenvalue weighted by Gasteiger charge is -2.08. The van der Waals surface area contributed by atoms with Crippen molar-refractivity contribution in [3.05, 3.63) is 70.0 Å². The highest BCUT2D eigenvalue weighted by Gasteiger charge is 2.08. The zero-order chi connectivity index (χ0) is 15.9. The summed E-state index contributed by atoms with van der Waals surface area (Å²) in [6.45, 7) is -0.264. The first-order chi connectivity index (χ1) is 10.6. The summed E-state index contributed by atoms with van der Waals surface area (Å²) >= 11 is 0. The maximum atomic E-state index is 13.4. The molecule has 0 bridgehead atoms. The van der Waals surface area contributed by atoms with Crippen LogP contribution in [0.3, 0.4) is 0 Å². The predicted octanol–water partition coefficient (Wildman–Crippen LogP) is 2.43. The molecule has 0 saturated carbocycles. The summed E-state index contributed by atoms with van der Waals surface area (Å²) in [4.78, 5) is 21.7. The molecule has 1 amide bonds. The van der Waals surface area contributed by atoms with E-state index in [1.807, 2.05) is 0 Å². The van der Waals surface area contributed by atoms with Gasteiger partial charge in [-0.2, -0.15) is 0 Å². The number of carbonyl (C=O) groups excluding carboxylic acids is 1. The molecule has 0 unspecified atom stereocenters. The fourth-order valence-corrected chi connectivity index (χ4v) is 1.72. The minimum atomic E-state index is -0.550. The van der Waals surface area contributed by atoms with Gasteiger partial charge in [-0.25, -0.2) is 4.39 Å². The lowest BCUT2D eigenvalue weighted by atomic mass is 10.2. The van der Waals surface area contributed by atoms with Crippen LogP contribution in [0.4, 0.5) is 10.1 Å². The van der Waals surface area contributed by atoms with Gasteiger partial charge in [0.2, 0.25) is 0 Å². The van der Waals surface area contributed by atoms with Crippen molar-refractivity contribution < 1.29 is 18.8 Å². The van der Waals surface area contributed by atoms with Crippen LogP contribution in [0.15, 0.2) is 48.5 Å².